The van der Waals surface area contributed by atoms with Crippen LogP contribution >= 0.6 is 11.3 Å². The van der Waals surface area contributed by atoms with Crippen LogP contribution < -0.4 is 0 Å². The first kappa shape index (κ1) is 17.1. The van der Waals surface area contributed by atoms with Crippen molar-refractivity contribution in [1.29, 1.82) is 0 Å². The number of carbonyl (C=O) groups is 3. The fourth-order valence-electron chi connectivity index (χ4n) is 2.57. The average Bonchev–Trinajstić information content (AvgIpc) is 3.22. The molecule has 2 heterocycles. The minimum atomic E-state index is -0.396. The number of imide groups is 1. The van der Waals surface area contributed by atoms with Crippen molar-refractivity contribution in [1.82, 2.24) is 4.90 Å². The van der Waals surface area contributed by atoms with E-state index in [0.717, 1.165) is 5.56 Å². The van der Waals surface area contributed by atoms with Crippen LogP contribution in [0.2, 0.25) is 0 Å². The lowest BCUT2D eigenvalue weighted by molar-refractivity contribution is -0.137. The molecule has 1 aliphatic heterocycles. The van der Waals surface area contributed by atoms with Gasteiger partial charge in [0, 0.05) is 12.6 Å². The van der Waals surface area contributed by atoms with Gasteiger partial charge in [0.2, 0.25) is 0 Å². The molecule has 6 heteroatoms. The van der Waals surface area contributed by atoms with Crippen molar-refractivity contribution >= 4 is 35.2 Å². The minimum absolute atomic E-state index is 0.253. The third-order valence-electron chi connectivity index (χ3n) is 3.85. The number of unbranched alkanes of at least 4 members (excludes halogenated alkanes) is 1. The number of benzene rings is 1. The third kappa shape index (κ3) is 4.03. The Morgan fingerprint density at radius 2 is 1.80 bits per heavy atom. The van der Waals surface area contributed by atoms with Crippen molar-refractivity contribution in [3.8, 4) is 0 Å². The third-order valence-corrected chi connectivity index (χ3v) is 4.56. The summed E-state index contributed by atoms with van der Waals surface area (Å²) >= 11 is 1.56. The molecule has 2 amide bonds. The van der Waals surface area contributed by atoms with Crippen LogP contribution in [0.5, 0.6) is 0 Å². The van der Waals surface area contributed by atoms with Crippen molar-refractivity contribution in [3.05, 3.63) is 63.9 Å². The zero-order chi connectivity index (χ0) is 17.6. The van der Waals surface area contributed by atoms with E-state index in [1.807, 2.05) is 16.8 Å². The summed E-state index contributed by atoms with van der Waals surface area (Å²) in [6.07, 6.45) is 4.28. The van der Waals surface area contributed by atoms with Crippen molar-refractivity contribution < 1.29 is 19.1 Å². The number of hydrogen-bond donors (Lipinski definition) is 0. The lowest BCUT2D eigenvalue weighted by Gasteiger charge is -2.13. The molecule has 2 aromatic rings. The Labute approximate surface area is 149 Å². The second-order valence-corrected chi connectivity index (χ2v) is 6.35. The predicted molar refractivity (Wildman–Crippen MR) is 95.4 cm³/mol. The Hall–Kier alpha value is -2.73. The lowest BCUT2D eigenvalue weighted by Crippen LogP contribution is -2.30. The highest BCUT2D eigenvalue weighted by atomic mass is 32.1. The van der Waals surface area contributed by atoms with Gasteiger partial charge in [-0.05, 0) is 53.4 Å². The zero-order valence-corrected chi connectivity index (χ0v) is 14.3. The smallest absolute Gasteiger partial charge is 0.330 e. The van der Waals surface area contributed by atoms with E-state index in [1.54, 1.807) is 41.7 Å². The van der Waals surface area contributed by atoms with Gasteiger partial charge >= 0.3 is 5.97 Å². The molecule has 0 spiro atoms. The maximum absolute atomic E-state index is 12.2. The molecular weight excluding hydrogens is 338 g/mol. The second kappa shape index (κ2) is 7.90. The van der Waals surface area contributed by atoms with Gasteiger partial charge in [-0.1, -0.05) is 12.1 Å². The van der Waals surface area contributed by atoms with Gasteiger partial charge < -0.3 is 4.74 Å². The van der Waals surface area contributed by atoms with Gasteiger partial charge in [-0.25, -0.2) is 4.79 Å². The van der Waals surface area contributed by atoms with Crippen LogP contribution in [0, 0.1) is 0 Å². The number of amides is 2. The molecule has 0 radical (unpaired) electrons. The molecule has 3 rings (SSSR count). The number of esters is 1. The van der Waals surface area contributed by atoms with Crippen molar-refractivity contribution in [2.24, 2.45) is 0 Å². The standard InChI is InChI=1S/C19H17NO4S/c21-17(8-7-14-9-12-25-13-14)24-11-4-3-10-20-18(22)15-5-1-2-6-16(15)19(20)23/h1-2,5-9,12-13H,3-4,10-11H2/b8-7+. The molecule has 1 aromatic carbocycles. The summed E-state index contributed by atoms with van der Waals surface area (Å²) in [6, 6.07) is 8.73. The summed E-state index contributed by atoms with van der Waals surface area (Å²) in [7, 11) is 0. The van der Waals surface area contributed by atoms with Crippen LogP contribution in [0.4, 0.5) is 0 Å². The maximum atomic E-state index is 12.2. The Morgan fingerprint density at radius 3 is 2.44 bits per heavy atom. The van der Waals surface area contributed by atoms with Crippen LogP contribution in [0.1, 0.15) is 39.1 Å². The van der Waals surface area contributed by atoms with E-state index < -0.39 is 5.97 Å². The molecule has 5 nitrogen and oxygen atoms in total. The van der Waals surface area contributed by atoms with E-state index in [9.17, 15) is 14.4 Å². The molecule has 0 unspecified atom stereocenters. The van der Waals surface area contributed by atoms with Crippen molar-refractivity contribution in [2.45, 2.75) is 12.8 Å². The van der Waals surface area contributed by atoms with Gasteiger partial charge in [-0.3, -0.25) is 14.5 Å². The fourth-order valence-corrected chi connectivity index (χ4v) is 3.20. The van der Waals surface area contributed by atoms with E-state index in [1.165, 1.54) is 11.0 Å². The fraction of sp³-hybridized carbons (Fsp3) is 0.211. The van der Waals surface area contributed by atoms with Gasteiger partial charge in [0.25, 0.3) is 11.8 Å². The summed E-state index contributed by atoms with van der Waals surface area (Å²) in [5.41, 5.74) is 1.88. The van der Waals surface area contributed by atoms with E-state index in [-0.39, 0.29) is 18.4 Å². The Bertz CT molecular complexity index is 776. The van der Waals surface area contributed by atoms with Crippen LogP contribution in [-0.2, 0) is 9.53 Å². The summed E-state index contributed by atoms with van der Waals surface area (Å²) in [6.45, 7) is 0.588. The van der Waals surface area contributed by atoms with Crippen LogP contribution in [-0.4, -0.2) is 35.8 Å². The van der Waals surface area contributed by atoms with Gasteiger partial charge in [-0.2, -0.15) is 11.3 Å². The first-order valence-electron chi connectivity index (χ1n) is 7.99. The summed E-state index contributed by atoms with van der Waals surface area (Å²) in [4.78, 5) is 37.2. The summed E-state index contributed by atoms with van der Waals surface area (Å²) in [5.74, 6) is -0.903. The largest absolute Gasteiger partial charge is 0.463 e. The molecule has 1 aliphatic rings. The molecule has 1 aromatic heterocycles. The molecule has 0 aliphatic carbocycles. The molecule has 25 heavy (non-hydrogen) atoms. The predicted octanol–water partition coefficient (Wildman–Crippen LogP) is 3.38. The maximum Gasteiger partial charge on any atom is 0.330 e. The molecule has 0 fully saturated rings. The molecule has 128 valence electrons. The normalized spacial score (nSPS) is 13.5. The van der Waals surface area contributed by atoms with E-state index in [0.29, 0.717) is 30.5 Å². The molecule has 0 atom stereocenters. The summed E-state index contributed by atoms with van der Waals surface area (Å²) in [5, 5.41) is 3.87. The van der Waals surface area contributed by atoms with E-state index in [4.69, 9.17) is 4.74 Å². The number of ether oxygens (including phenoxy) is 1. The molecule has 0 saturated carbocycles. The number of fused-ring (bicyclic) bond motifs is 1. The number of rotatable bonds is 7. The van der Waals surface area contributed by atoms with Gasteiger partial charge in [0.15, 0.2) is 0 Å². The Balaban J connectivity index is 1.39. The van der Waals surface area contributed by atoms with Crippen molar-refractivity contribution in [3.63, 3.8) is 0 Å². The highest BCUT2D eigenvalue weighted by Crippen LogP contribution is 2.22. The number of carbonyl (C=O) groups excluding carboxylic acids is 3. The Morgan fingerprint density at radius 1 is 1.08 bits per heavy atom. The molecule has 0 bridgehead atoms. The number of hydrogen-bond acceptors (Lipinski definition) is 5. The van der Waals surface area contributed by atoms with Crippen LogP contribution in [0.25, 0.3) is 6.08 Å². The van der Waals surface area contributed by atoms with Crippen molar-refractivity contribution in [2.75, 3.05) is 13.2 Å². The average molecular weight is 355 g/mol. The zero-order valence-electron chi connectivity index (χ0n) is 13.5. The van der Waals surface area contributed by atoms with Crippen LogP contribution in [0.15, 0.2) is 47.2 Å². The number of thiophene rings is 1. The van der Waals surface area contributed by atoms with E-state index >= 15 is 0 Å². The first-order valence-corrected chi connectivity index (χ1v) is 8.93. The SMILES string of the molecule is O=C(/C=C/c1ccsc1)OCCCCN1C(=O)c2ccccc2C1=O. The van der Waals surface area contributed by atoms with Gasteiger partial charge in [-0.15, -0.1) is 0 Å². The highest BCUT2D eigenvalue weighted by Gasteiger charge is 2.34. The minimum Gasteiger partial charge on any atom is -0.463 e. The monoisotopic (exact) mass is 355 g/mol. The van der Waals surface area contributed by atoms with E-state index in [2.05, 4.69) is 0 Å². The molecule has 0 saturated heterocycles. The first-order chi connectivity index (χ1) is 12.2. The van der Waals surface area contributed by atoms with Crippen LogP contribution in [0.3, 0.4) is 0 Å². The lowest BCUT2D eigenvalue weighted by atomic mass is 10.1. The summed E-state index contributed by atoms with van der Waals surface area (Å²) < 4.78 is 5.11. The van der Waals surface area contributed by atoms with Gasteiger partial charge in [0.05, 0.1) is 17.7 Å². The topological polar surface area (TPSA) is 63.7 Å². The molecular formula is C19H17NO4S. The second-order valence-electron chi connectivity index (χ2n) is 5.57. The quantitative estimate of drug-likeness (QED) is 0.331. The number of nitrogens with zero attached hydrogens (tertiary/aromatic N) is 1. The Kier molecular flexibility index (Phi) is 5.40. The highest BCUT2D eigenvalue weighted by molar-refractivity contribution is 7.08. The molecule has 0 N–H and O–H groups in total. The van der Waals surface area contributed by atoms with Gasteiger partial charge in [0.1, 0.15) is 0 Å².